The Kier molecular flexibility index (Phi) is 7.71. The molecule has 1 aromatic rings. The Hall–Kier alpha value is -0.940. The van der Waals surface area contributed by atoms with Crippen molar-refractivity contribution in [2.45, 2.75) is 58.2 Å². The fourth-order valence-electron chi connectivity index (χ4n) is 4.80. The maximum absolute atomic E-state index is 9.60. The Morgan fingerprint density at radius 2 is 1.67 bits per heavy atom. The van der Waals surface area contributed by atoms with E-state index >= 15 is 0 Å². The number of likely N-dealkylation sites (tertiary alicyclic amines) is 1. The molecule has 0 aliphatic carbocycles. The summed E-state index contributed by atoms with van der Waals surface area (Å²) in [4.78, 5) is 7.74. The molecule has 2 saturated heterocycles. The molecule has 4 nitrogen and oxygen atoms in total. The Bertz CT molecular complexity index is 551. The van der Waals surface area contributed by atoms with Crippen LogP contribution in [0.4, 0.5) is 0 Å². The molecule has 4 heteroatoms. The SMILES string of the molecule is CC(C)Cc1ccc(CN2CCN(C3CCN(C)CC3)[C@H](CCO)C2)cc1. The van der Waals surface area contributed by atoms with Gasteiger partial charge in [0.15, 0.2) is 0 Å². The van der Waals surface area contributed by atoms with Crippen molar-refractivity contribution in [3.05, 3.63) is 35.4 Å². The summed E-state index contributed by atoms with van der Waals surface area (Å²) in [5.41, 5.74) is 2.86. The minimum atomic E-state index is 0.297. The van der Waals surface area contributed by atoms with E-state index in [9.17, 15) is 5.11 Å². The molecule has 1 N–H and O–H groups in total. The molecule has 2 aliphatic heterocycles. The predicted octanol–water partition coefficient (Wildman–Crippen LogP) is 2.85. The molecule has 0 unspecified atom stereocenters. The standard InChI is InChI=1S/C23H39N3O/c1-19(2)16-20-4-6-21(7-5-20)17-25-13-14-26(23(18-25)10-15-27)22-8-11-24(3)12-9-22/h4-7,19,22-23,27H,8-18H2,1-3H3/t23-/m1/s1. The zero-order valence-electron chi connectivity index (χ0n) is 17.6. The van der Waals surface area contributed by atoms with Gasteiger partial charge in [-0.25, -0.2) is 0 Å². The number of hydrogen-bond acceptors (Lipinski definition) is 4. The van der Waals surface area contributed by atoms with E-state index in [1.54, 1.807) is 0 Å². The molecule has 0 bridgehead atoms. The molecule has 0 amide bonds. The van der Waals surface area contributed by atoms with Crippen molar-refractivity contribution in [3.63, 3.8) is 0 Å². The van der Waals surface area contributed by atoms with Gasteiger partial charge in [0.1, 0.15) is 0 Å². The first-order valence-corrected chi connectivity index (χ1v) is 10.9. The van der Waals surface area contributed by atoms with Gasteiger partial charge in [0.05, 0.1) is 0 Å². The molecule has 0 spiro atoms. The average Bonchev–Trinajstić information content (AvgIpc) is 2.64. The molecule has 1 aromatic carbocycles. The Morgan fingerprint density at radius 1 is 1.00 bits per heavy atom. The molecular weight excluding hydrogens is 334 g/mol. The van der Waals surface area contributed by atoms with E-state index in [1.807, 2.05) is 0 Å². The lowest BCUT2D eigenvalue weighted by molar-refractivity contribution is 0.00600. The Labute approximate surface area is 166 Å². The third-order valence-corrected chi connectivity index (χ3v) is 6.30. The summed E-state index contributed by atoms with van der Waals surface area (Å²) >= 11 is 0. The molecule has 0 saturated carbocycles. The molecular formula is C23H39N3O. The Balaban J connectivity index is 1.56. The first kappa shape index (κ1) is 20.8. The summed E-state index contributed by atoms with van der Waals surface area (Å²) in [6, 6.07) is 10.4. The van der Waals surface area contributed by atoms with Gasteiger partial charge in [-0.2, -0.15) is 0 Å². The number of piperidine rings is 1. The minimum absolute atomic E-state index is 0.297. The van der Waals surface area contributed by atoms with E-state index in [4.69, 9.17) is 0 Å². The summed E-state index contributed by atoms with van der Waals surface area (Å²) < 4.78 is 0. The third kappa shape index (κ3) is 6.02. The van der Waals surface area contributed by atoms with Crippen LogP contribution in [0, 0.1) is 5.92 Å². The quantitative estimate of drug-likeness (QED) is 0.796. The third-order valence-electron chi connectivity index (χ3n) is 6.30. The van der Waals surface area contributed by atoms with Gasteiger partial charge in [0, 0.05) is 44.9 Å². The van der Waals surface area contributed by atoms with Gasteiger partial charge in [-0.15, -0.1) is 0 Å². The highest BCUT2D eigenvalue weighted by atomic mass is 16.3. The van der Waals surface area contributed by atoms with Gasteiger partial charge in [-0.05, 0) is 62.9 Å². The highest BCUT2D eigenvalue weighted by Crippen LogP contribution is 2.24. The molecule has 1 atom stereocenters. The molecule has 27 heavy (non-hydrogen) atoms. The molecule has 2 aliphatic rings. The second kappa shape index (κ2) is 10.0. The number of aliphatic hydroxyl groups is 1. The van der Waals surface area contributed by atoms with Crippen LogP contribution in [-0.2, 0) is 13.0 Å². The van der Waals surface area contributed by atoms with E-state index in [-0.39, 0.29) is 0 Å². The van der Waals surface area contributed by atoms with Gasteiger partial charge in [0.2, 0.25) is 0 Å². The van der Waals surface area contributed by atoms with Crippen molar-refractivity contribution in [1.29, 1.82) is 0 Å². The molecule has 2 fully saturated rings. The number of benzene rings is 1. The number of piperazine rings is 1. The maximum Gasteiger partial charge on any atom is 0.0446 e. The fraction of sp³-hybridized carbons (Fsp3) is 0.739. The van der Waals surface area contributed by atoms with Crippen LogP contribution in [0.15, 0.2) is 24.3 Å². The van der Waals surface area contributed by atoms with Crippen LogP contribution in [-0.4, -0.2) is 78.3 Å². The minimum Gasteiger partial charge on any atom is -0.396 e. The highest BCUT2D eigenvalue weighted by molar-refractivity contribution is 5.23. The lowest BCUT2D eigenvalue weighted by Crippen LogP contribution is -2.58. The van der Waals surface area contributed by atoms with E-state index in [1.165, 1.54) is 37.1 Å². The lowest BCUT2D eigenvalue weighted by Gasteiger charge is -2.47. The van der Waals surface area contributed by atoms with Crippen molar-refractivity contribution >= 4 is 0 Å². The van der Waals surface area contributed by atoms with Crippen molar-refractivity contribution < 1.29 is 5.11 Å². The zero-order chi connectivity index (χ0) is 19.2. The molecule has 3 rings (SSSR count). The van der Waals surface area contributed by atoms with Crippen LogP contribution in [0.25, 0.3) is 0 Å². The van der Waals surface area contributed by atoms with Crippen molar-refractivity contribution in [1.82, 2.24) is 14.7 Å². The van der Waals surface area contributed by atoms with Gasteiger partial charge in [0.25, 0.3) is 0 Å². The Morgan fingerprint density at radius 3 is 2.30 bits per heavy atom. The maximum atomic E-state index is 9.60. The second-order valence-electron chi connectivity index (χ2n) is 9.09. The number of rotatable bonds is 7. The summed E-state index contributed by atoms with van der Waals surface area (Å²) in [5, 5.41) is 9.60. The molecule has 2 heterocycles. The van der Waals surface area contributed by atoms with Crippen LogP contribution < -0.4 is 0 Å². The lowest BCUT2D eigenvalue weighted by atomic mass is 9.98. The highest BCUT2D eigenvalue weighted by Gasteiger charge is 2.32. The van der Waals surface area contributed by atoms with Crippen LogP contribution in [0.5, 0.6) is 0 Å². The summed E-state index contributed by atoms with van der Waals surface area (Å²) in [7, 11) is 2.23. The van der Waals surface area contributed by atoms with Gasteiger partial charge >= 0.3 is 0 Å². The molecule has 152 valence electrons. The first-order valence-electron chi connectivity index (χ1n) is 10.9. The largest absolute Gasteiger partial charge is 0.396 e. The zero-order valence-corrected chi connectivity index (χ0v) is 17.6. The monoisotopic (exact) mass is 373 g/mol. The summed E-state index contributed by atoms with van der Waals surface area (Å²) in [6.45, 7) is 11.7. The van der Waals surface area contributed by atoms with Crippen LogP contribution in [0.1, 0.15) is 44.2 Å². The van der Waals surface area contributed by atoms with Gasteiger partial charge in [-0.1, -0.05) is 38.1 Å². The fourth-order valence-corrected chi connectivity index (χ4v) is 4.80. The van der Waals surface area contributed by atoms with Crippen molar-refractivity contribution in [3.8, 4) is 0 Å². The van der Waals surface area contributed by atoms with Crippen molar-refractivity contribution in [2.24, 2.45) is 5.92 Å². The molecule has 0 radical (unpaired) electrons. The van der Waals surface area contributed by atoms with Gasteiger partial charge in [-0.3, -0.25) is 9.80 Å². The predicted molar refractivity (Wildman–Crippen MR) is 113 cm³/mol. The van der Waals surface area contributed by atoms with E-state index in [2.05, 4.69) is 59.9 Å². The van der Waals surface area contributed by atoms with E-state index in [0.29, 0.717) is 24.6 Å². The average molecular weight is 374 g/mol. The van der Waals surface area contributed by atoms with Gasteiger partial charge < -0.3 is 10.0 Å². The van der Waals surface area contributed by atoms with E-state index < -0.39 is 0 Å². The normalized spacial score (nSPS) is 24.0. The molecule has 0 aromatic heterocycles. The van der Waals surface area contributed by atoms with Crippen molar-refractivity contribution in [2.75, 3.05) is 46.4 Å². The van der Waals surface area contributed by atoms with Crippen LogP contribution in [0.2, 0.25) is 0 Å². The van der Waals surface area contributed by atoms with E-state index in [0.717, 1.165) is 39.0 Å². The number of nitrogens with zero attached hydrogens (tertiary/aromatic N) is 3. The summed E-state index contributed by atoms with van der Waals surface area (Å²) in [6.07, 6.45) is 4.61. The number of aliphatic hydroxyl groups excluding tert-OH is 1. The van der Waals surface area contributed by atoms with Crippen LogP contribution in [0.3, 0.4) is 0 Å². The summed E-state index contributed by atoms with van der Waals surface area (Å²) in [5.74, 6) is 0.711. The number of hydrogen-bond donors (Lipinski definition) is 1. The van der Waals surface area contributed by atoms with Crippen LogP contribution >= 0.6 is 0 Å². The second-order valence-corrected chi connectivity index (χ2v) is 9.09. The first-order chi connectivity index (χ1) is 13.0. The topological polar surface area (TPSA) is 30.0 Å². The smallest absolute Gasteiger partial charge is 0.0446 e.